The fourth-order valence-corrected chi connectivity index (χ4v) is 3.79. The van der Waals surface area contributed by atoms with Gasteiger partial charge in [0.05, 0.1) is 10.6 Å². The Kier molecular flexibility index (Phi) is 4.81. The lowest BCUT2D eigenvalue weighted by molar-refractivity contribution is -0.123. The van der Waals surface area contributed by atoms with Crippen LogP contribution >= 0.6 is 11.6 Å². The van der Waals surface area contributed by atoms with Crippen LogP contribution in [0.4, 0.5) is 13.2 Å². The highest BCUT2D eigenvalue weighted by Gasteiger charge is 2.55. The molecule has 1 heterocycles. The van der Waals surface area contributed by atoms with Gasteiger partial charge in [0.25, 0.3) is 5.91 Å². The van der Waals surface area contributed by atoms with Gasteiger partial charge < -0.3 is 5.11 Å². The third-order valence-electron chi connectivity index (χ3n) is 4.90. The number of rotatable bonds is 2. The quantitative estimate of drug-likeness (QED) is 0.835. The molecule has 0 saturated heterocycles. The number of hydrazone groups is 1. The molecule has 1 amide bonds. The second-order valence-corrected chi connectivity index (χ2v) is 6.94. The minimum absolute atomic E-state index is 0.0191. The van der Waals surface area contributed by atoms with Crippen LogP contribution in [0, 0.1) is 5.92 Å². The van der Waals surface area contributed by atoms with Crippen LogP contribution in [-0.4, -0.2) is 33.6 Å². The van der Waals surface area contributed by atoms with E-state index in [0.717, 1.165) is 19.3 Å². The van der Waals surface area contributed by atoms with Gasteiger partial charge in [-0.25, -0.2) is 0 Å². The summed E-state index contributed by atoms with van der Waals surface area (Å²) in [6.45, 7) is 0. The van der Waals surface area contributed by atoms with Gasteiger partial charge in [0, 0.05) is 12.3 Å². The van der Waals surface area contributed by atoms with E-state index in [1.807, 2.05) is 0 Å². The first kappa shape index (κ1) is 18.2. The SMILES string of the molecule is O=C(c1ccccc1Cl)N1N=C(C(F)(F)F)CC1(O)C1CCCCC1. The maximum Gasteiger partial charge on any atom is 0.431 e. The Morgan fingerprint density at radius 3 is 2.48 bits per heavy atom. The second kappa shape index (κ2) is 6.61. The molecule has 0 spiro atoms. The van der Waals surface area contributed by atoms with Gasteiger partial charge in [0.15, 0.2) is 5.72 Å². The van der Waals surface area contributed by atoms with Crippen molar-refractivity contribution >= 4 is 23.2 Å². The molecule has 1 unspecified atom stereocenters. The van der Waals surface area contributed by atoms with E-state index in [9.17, 15) is 23.1 Å². The van der Waals surface area contributed by atoms with E-state index in [1.165, 1.54) is 12.1 Å². The van der Waals surface area contributed by atoms with Gasteiger partial charge in [-0.2, -0.15) is 23.3 Å². The maximum atomic E-state index is 13.2. The number of hydrogen-bond acceptors (Lipinski definition) is 3. The summed E-state index contributed by atoms with van der Waals surface area (Å²) in [6, 6.07) is 6.05. The third-order valence-corrected chi connectivity index (χ3v) is 5.23. The Bertz CT molecular complexity index is 701. The Morgan fingerprint density at radius 2 is 1.88 bits per heavy atom. The molecule has 1 aromatic carbocycles. The summed E-state index contributed by atoms with van der Waals surface area (Å²) >= 11 is 6.00. The maximum absolute atomic E-state index is 13.2. The van der Waals surface area contributed by atoms with Crippen molar-refractivity contribution in [1.29, 1.82) is 0 Å². The minimum Gasteiger partial charge on any atom is -0.368 e. The monoisotopic (exact) mass is 374 g/mol. The zero-order chi connectivity index (χ0) is 18.2. The summed E-state index contributed by atoms with van der Waals surface area (Å²) in [5.74, 6) is -1.27. The van der Waals surface area contributed by atoms with Crippen molar-refractivity contribution in [2.75, 3.05) is 0 Å². The van der Waals surface area contributed by atoms with Gasteiger partial charge in [-0.1, -0.05) is 43.0 Å². The molecule has 1 N–H and O–H groups in total. The van der Waals surface area contributed by atoms with Crippen molar-refractivity contribution in [1.82, 2.24) is 5.01 Å². The summed E-state index contributed by atoms with van der Waals surface area (Å²) in [5.41, 5.74) is -3.09. The highest BCUT2D eigenvalue weighted by molar-refractivity contribution is 6.33. The normalized spacial score (nSPS) is 25.2. The highest BCUT2D eigenvalue weighted by atomic mass is 35.5. The summed E-state index contributed by atoms with van der Waals surface area (Å²) in [4.78, 5) is 12.8. The number of hydrogen-bond donors (Lipinski definition) is 1. The number of alkyl halides is 3. The summed E-state index contributed by atoms with van der Waals surface area (Å²) in [5, 5.41) is 15.3. The van der Waals surface area contributed by atoms with Crippen LogP contribution in [0.5, 0.6) is 0 Å². The van der Waals surface area contributed by atoms with E-state index in [4.69, 9.17) is 11.6 Å². The molecule has 3 rings (SSSR count). The molecule has 1 aliphatic carbocycles. The molecule has 1 aromatic rings. The molecule has 1 fully saturated rings. The van der Waals surface area contributed by atoms with Crippen LogP contribution < -0.4 is 0 Å². The van der Waals surface area contributed by atoms with E-state index >= 15 is 0 Å². The van der Waals surface area contributed by atoms with E-state index in [1.54, 1.807) is 12.1 Å². The van der Waals surface area contributed by atoms with Gasteiger partial charge in [-0.05, 0) is 25.0 Å². The van der Waals surface area contributed by atoms with Crippen LogP contribution in [0.3, 0.4) is 0 Å². The Labute approximate surface area is 148 Å². The number of carbonyl (C=O) groups excluding carboxylic acids is 1. The smallest absolute Gasteiger partial charge is 0.368 e. The summed E-state index contributed by atoms with van der Waals surface area (Å²) in [7, 11) is 0. The zero-order valence-corrected chi connectivity index (χ0v) is 14.1. The lowest BCUT2D eigenvalue weighted by Crippen LogP contribution is -2.52. The highest BCUT2D eigenvalue weighted by Crippen LogP contribution is 2.43. The average molecular weight is 375 g/mol. The van der Waals surface area contributed by atoms with Gasteiger partial charge in [-0.3, -0.25) is 4.79 Å². The van der Waals surface area contributed by atoms with Gasteiger partial charge in [0.1, 0.15) is 5.71 Å². The molecule has 8 heteroatoms. The second-order valence-electron chi connectivity index (χ2n) is 6.53. The molecule has 1 saturated carbocycles. The summed E-state index contributed by atoms with van der Waals surface area (Å²) < 4.78 is 39.6. The van der Waals surface area contributed by atoms with E-state index < -0.39 is 35.9 Å². The van der Waals surface area contributed by atoms with Crippen molar-refractivity contribution in [3.05, 3.63) is 34.9 Å². The van der Waals surface area contributed by atoms with Crippen LogP contribution in [-0.2, 0) is 0 Å². The lowest BCUT2D eigenvalue weighted by atomic mass is 9.79. The van der Waals surface area contributed by atoms with Crippen molar-refractivity contribution < 1.29 is 23.1 Å². The minimum atomic E-state index is -4.70. The van der Waals surface area contributed by atoms with Crippen molar-refractivity contribution in [2.45, 2.75) is 50.4 Å². The molecule has 2 aliphatic rings. The molecule has 136 valence electrons. The van der Waals surface area contributed by atoms with E-state index in [0.29, 0.717) is 17.9 Å². The third kappa shape index (κ3) is 3.40. The van der Waals surface area contributed by atoms with Crippen LogP contribution in [0.15, 0.2) is 29.4 Å². The Hall–Kier alpha value is -1.60. The first-order valence-electron chi connectivity index (χ1n) is 8.19. The number of carbonyl (C=O) groups is 1. The van der Waals surface area contributed by atoms with Crippen LogP contribution in [0.25, 0.3) is 0 Å². The molecular weight excluding hydrogens is 357 g/mol. The average Bonchev–Trinajstić information content (AvgIpc) is 2.95. The predicted octanol–water partition coefficient (Wildman–Crippen LogP) is 4.37. The number of amides is 1. The van der Waals surface area contributed by atoms with Crippen LogP contribution in [0.2, 0.25) is 5.02 Å². The molecule has 25 heavy (non-hydrogen) atoms. The predicted molar refractivity (Wildman–Crippen MR) is 87.3 cm³/mol. The van der Waals surface area contributed by atoms with Gasteiger partial charge in [0.2, 0.25) is 0 Å². The number of halogens is 4. The Morgan fingerprint density at radius 1 is 1.24 bits per heavy atom. The standard InChI is InChI=1S/C17H18ClF3N2O2/c18-13-9-5-4-8-12(13)15(24)23-16(25,11-6-2-1-3-7-11)10-14(22-23)17(19,20)21/h4-5,8-9,11,25H,1-3,6-7,10H2. The van der Waals surface area contributed by atoms with E-state index in [2.05, 4.69) is 5.10 Å². The van der Waals surface area contributed by atoms with Gasteiger partial charge in [-0.15, -0.1) is 0 Å². The summed E-state index contributed by atoms with van der Waals surface area (Å²) in [6.07, 6.45) is -1.70. The largest absolute Gasteiger partial charge is 0.431 e. The molecule has 4 nitrogen and oxygen atoms in total. The molecule has 0 aromatic heterocycles. The van der Waals surface area contributed by atoms with Crippen molar-refractivity contribution in [2.24, 2.45) is 11.0 Å². The number of aliphatic hydroxyl groups is 1. The van der Waals surface area contributed by atoms with E-state index in [-0.39, 0.29) is 10.6 Å². The molecule has 0 radical (unpaired) electrons. The van der Waals surface area contributed by atoms with Crippen molar-refractivity contribution in [3.63, 3.8) is 0 Å². The fourth-order valence-electron chi connectivity index (χ4n) is 3.57. The fraction of sp³-hybridized carbons (Fsp3) is 0.529. The molecule has 1 aliphatic heterocycles. The topological polar surface area (TPSA) is 52.9 Å². The number of nitrogens with zero attached hydrogens (tertiary/aromatic N) is 2. The first-order chi connectivity index (χ1) is 11.7. The Balaban J connectivity index is 2.00. The molecule has 1 atom stereocenters. The van der Waals surface area contributed by atoms with Gasteiger partial charge >= 0.3 is 6.18 Å². The number of benzene rings is 1. The molecular formula is C17H18ClF3N2O2. The lowest BCUT2D eigenvalue weighted by Gasteiger charge is -2.40. The zero-order valence-electron chi connectivity index (χ0n) is 13.4. The van der Waals surface area contributed by atoms with Crippen LogP contribution in [0.1, 0.15) is 48.9 Å². The molecule has 0 bridgehead atoms. The first-order valence-corrected chi connectivity index (χ1v) is 8.57. The van der Waals surface area contributed by atoms with Crippen molar-refractivity contribution in [3.8, 4) is 0 Å².